The molecule has 2 aromatic rings. The molecule has 1 N–H and O–H groups in total. The number of hydrogen-bond acceptors (Lipinski definition) is 2. The zero-order valence-corrected chi connectivity index (χ0v) is 14.2. The number of aromatic nitrogens is 1. The molecule has 1 aromatic carbocycles. The highest BCUT2D eigenvalue weighted by Gasteiger charge is 2.14. The van der Waals surface area contributed by atoms with E-state index < -0.39 is 0 Å². The molecule has 0 aliphatic rings. The third-order valence-corrected chi connectivity index (χ3v) is 4.11. The molecule has 0 bridgehead atoms. The summed E-state index contributed by atoms with van der Waals surface area (Å²) in [7, 11) is 0. The Labute approximate surface area is 137 Å². The second-order valence-corrected chi connectivity index (χ2v) is 5.98. The third-order valence-electron chi connectivity index (χ3n) is 3.19. The first kappa shape index (κ1) is 16.0. The first-order valence-electron chi connectivity index (χ1n) is 6.73. The summed E-state index contributed by atoms with van der Waals surface area (Å²) in [6, 6.07) is 11.1. The highest BCUT2D eigenvalue weighted by Crippen LogP contribution is 2.23. The van der Waals surface area contributed by atoms with E-state index in [4.69, 9.17) is 11.6 Å². The van der Waals surface area contributed by atoms with Gasteiger partial charge >= 0.3 is 0 Å². The molecule has 2 rings (SSSR count). The molecule has 1 aromatic heterocycles. The normalized spacial score (nSPS) is 12.0. The average molecular weight is 368 g/mol. The first-order chi connectivity index (χ1) is 10.0. The van der Waals surface area contributed by atoms with Gasteiger partial charge < -0.3 is 5.32 Å². The summed E-state index contributed by atoms with van der Waals surface area (Å²) in [5, 5.41) is 3.32. The minimum absolute atomic E-state index is 0.106. The molecule has 21 heavy (non-hydrogen) atoms. The Hall–Kier alpha value is -1.39. The lowest BCUT2D eigenvalue weighted by Crippen LogP contribution is -2.27. The van der Waals surface area contributed by atoms with Crippen molar-refractivity contribution in [2.24, 2.45) is 0 Å². The van der Waals surface area contributed by atoms with Crippen molar-refractivity contribution in [1.29, 1.82) is 0 Å². The van der Waals surface area contributed by atoms with Gasteiger partial charge in [-0.2, -0.15) is 0 Å². The molecule has 1 heterocycles. The number of pyridine rings is 1. The van der Waals surface area contributed by atoms with Crippen molar-refractivity contribution in [2.45, 2.75) is 26.3 Å². The number of halogens is 2. The van der Waals surface area contributed by atoms with E-state index in [0.717, 1.165) is 22.2 Å². The molecular weight excluding hydrogens is 352 g/mol. The topological polar surface area (TPSA) is 42.0 Å². The zero-order valence-electron chi connectivity index (χ0n) is 11.9. The Bertz CT molecular complexity index is 660. The lowest BCUT2D eigenvalue weighted by atomic mass is 10.1. The Morgan fingerprint density at radius 1 is 1.38 bits per heavy atom. The van der Waals surface area contributed by atoms with Crippen molar-refractivity contribution in [3.63, 3.8) is 0 Å². The molecule has 1 unspecified atom stereocenters. The van der Waals surface area contributed by atoms with Gasteiger partial charge in [0.25, 0.3) is 5.91 Å². The van der Waals surface area contributed by atoms with Crippen LogP contribution in [0.2, 0.25) is 5.15 Å². The summed E-state index contributed by atoms with van der Waals surface area (Å²) in [5.41, 5.74) is 2.37. The molecule has 110 valence electrons. The zero-order chi connectivity index (χ0) is 15.4. The van der Waals surface area contributed by atoms with E-state index in [0.29, 0.717) is 10.7 Å². The molecule has 0 saturated heterocycles. The van der Waals surface area contributed by atoms with Crippen LogP contribution in [0.15, 0.2) is 40.9 Å². The van der Waals surface area contributed by atoms with Gasteiger partial charge in [0.15, 0.2) is 0 Å². The molecule has 0 aliphatic heterocycles. The van der Waals surface area contributed by atoms with Crippen LogP contribution in [-0.4, -0.2) is 10.9 Å². The monoisotopic (exact) mass is 366 g/mol. The maximum atomic E-state index is 12.3. The maximum Gasteiger partial charge on any atom is 0.251 e. The summed E-state index contributed by atoms with van der Waals surface area (Å²) in [5.74, 6) is -0.155. The van der Waals surface area contributed by atoms with Crippen LogP contribution < -0.4 is 5.32 Å². The molecule has 0 fully saturated rings. The Morgan fingerprint density at radius 2 is 2.10 bits per heavy atom. The van der Waals surface area contributed by atoms with Gasteiger partial charge in [0.05, 0.1) is 6.04 Å². The standard InChI is InChI=1S/C16H16BrClN2O/c1-3-12-8-11(9-15(18)20-12)16(21)19-10(2)13-6-4-5-7-14(13)17/h4-10H,3H2,1-2H3,(H,19,21). The lowest BCUT2D eigenvalue weighted by molar-refractivity contribution is 0.0939. The molecule has 0 aliphatic carbocycles. The van der Waals surface area contributed by atoms with Crippen molar-refractivity contribution < 1.29 is 4.79 Å². The maximum absolute atomic E-state index is 12.3. The second kappa shape index (κ2) is 7.05. The first-order valence-corrected chi connectivity index (χ1v) is 7.90. The van der Waals surface area contributed by atoms with Crippen LogP contribution in [-0.2, 0) is 6.42 Å². The molecule has 3 nitrogen and oxygen atoms in total. The number of aryl methyl sites for hydroxylation is 1. The van der Waals surface area contributed by atoms with E-state index in [1.165, 1.54) is 0 Å². The number of nitrogens with one attached hydrogen (secondary N) is 1. The van der Waals surface area contributed by atoms with E-state index in [1.54, 1.807) is 12.1 Å². The molecule has 5 heteroatoms. The fraction of sp³-hybridized carbons (Fsp3) is 0.250. The lowest BCUT2D eigenvalue weighted by Gasteiger charge is -2.16. The number of rotatable bonds is 4. The summed E-state index contributed by atoms with van der Waals surface area (Å²) in [6.07, 6.45) is 0.737. The minimum Gasteiger partial charge on any atom is -0.345 e. The largest absolute Gasteiger partial charge is 0.345 e. The number of benzene rings is 1. The van der Waals surface area contributed by atoms with Gasteiger partial charge in [-0.05, 0) is 37.1 Å². The molecule has 1 atom stereocenters. The molecule has 1 amide bonds. The number of hydrogen-bond donors (Lipinski definition) is 1. The van der Waals surface area contributed by atoms with Crippen LogP contribution in [0.1, 0.15) is 41.5 Å². The van der Waals surface area contributed by atoms with E-state index in [9.17, 15) is 4.79 Å². The molecule has 0 spiro atoms. The van der Waals surface area contributed by atoms with Gasteiger partial charge in [0.2, 0.25) is 0 Å². The smallest absolute Gasteiger partial charge is 0.251 e. The fourth-order valence-electron chi connectivity index (χ4n) is 2.05. The summed E-state index contributed by atoms with van der Waals surface area (Å²) in [4.78, 5) is 16.5. The number of carbonyl (C=O) groups excluding carboxylic acids is 1. The van der Waals surface area contributed by atoms with E-state index in [-0.39, 0.29) is 11.9 Å². The molecule has 0 saturated carbocycles. The minimum atomic E-state index is -0.155. The fourth-order valence-corrected chi connectivity index (χ4v) is 2.90. The summed E-state index contributed by atoms with van der Waals surface area (Å²) >= 11 is 9.45. The van der Waals surface area contributed by atoms with Crippen LogP contribution in [0.3, 0.4) is 0 Å². The number of carbonyl (C=O) groups is 1. The van der Waals surface area contributed by atoms with Crippen molar-refractivity contribution in [1.82, 2.24) is 10.3 Å². The third kappa shape index (κ3) is 4.05. The number of nitrogens with zero attached hydrogens (tertiary/aromatic N) is 1. The van der Waals surface area contributed by atoms with Gasteiger partial charge in [0, 0.05) is 15.7 Å². The van der Waals surface area contributed by atoms with E-state index in [2.05, 4.69) is 26.2 Å². The van der Waals surface area contributed by atoms with E-state index in [1.807, 2.05) is 38.1 Å². The van der Waals surface area contributed by atoms with Crippen LogP contribution in [0, 0.1) is 0 Å². The van der Waals surface area contributed by atoms with Crippen LogP contribution >= 0.6 is 27.5 Å². The second-order valence-electron chi connectivity index (χ2n) is 4.74. The van der Waals surface area contributed by atoms with Crippen molar-refractivity contribution in [3.05, 3.63) is 62.8 Å². The van der Waals surface area contributed by atoms with Crippen LogP contribution in [0.5, 0.6) is 0 Å². The van der Waals surface area contributed by atoms with Gasteiger partial charge in [-0.1, -0.05) is 52.7 Å². The van der Waals surface area contributed by atoms with Crippen LogP contribution in [0.4, 0.5) is 0 Å². The van der Waals surface area contributed by atoms with Gasteiger partial charge in [-0.15, -0.1) is 0 Å². The number of amides is 1. The van der Waals surface area contributed by atoms with E-state index >= 15 is 0 Å². The Kier molecular flexibility index (Phi) is 5.37. The predicted molar refractivity (Wildman–Crippen MR) is 88.6 cm³/mol. The van der Waals surface area contributed by atoms with Gasteiger partial charge in [-0.25, -0.2) is 4.98 Å². The van der Waals surface area contributed by atoms with Crippen molar-refractivity contribution in [3.8, 4) is 0 Å². The predicted octanol–water partition coefficient (Wildman–Crippen LogP) is 4.55. The highest BCUT2D eigenvalue weighted by atomic mass is 79.9. The highest BCUT2D eigenvalue weighted by molar-refractivity contribution is 9.10. The van der Waals surface area contributed by atoms with Crippen LogP contribution in [0.25, 0.3) is 0 Å². The van der Waals surface area contributed by atoms with Gasteiger partial charge in [-0.3, -0.25) is 4.79 Å². The average Bonchev–Trinajstić information content (AvgIpc) is 2.46. The SMILES string of the molecule is CCc1cc(C(=O)NC(C)c2ccccc2Br)cc(Cl)n1. The Balaban J connectivity index is 2.18. The van der Waals surface area contributed by atoms with Gasteiger partial charge in [0.1, 0.15) is 5.15 Å². The van der Waals surface area contributed by atoms with Crippen molar-refractivity contribution in [2.75, 3.05) is 0 Å². The van der Waals surface area contributed by atoms with Crippen molar-refractivity contribution >= 4 is 33.4 Å². The quantitative estimate of drug-likeness (QED) is 0.805. The summed E-state index contributed by atoms with van der Waals surface area (Å²) in [6.45, 7) is 3.92. The molecule has 0 radical (unpaired) electrons. The summed E-state index contributed by atoms with van der Waals surface area (Å²) < 4.78 is 0.972. The Morgan fingerprint density at radius 3 is 2.76 bits per heavy atom. The molecular formula is C16H16BrClN2O.